The average Bonchev–Trinajstić information content (AvgIpc) is 3.27. The molecule has 0 bridgehead atoms. The van der Waals surface area contributed by atoms with Crippen molar-refractivity contribution in [2.75, 3.05) is 0 Å². The Labute approximate surface area is 121 Å². The van der Waals surface area contributed by atoms with E-state index in [0.717, 1.165) is 22.8 Å². The van der Waals surface area contributed by atoms with Crippen molar-refractivity contribution in [3.8, 4) is 0 Å². The summed E-state index contributed by atoms with van der Waals surface area (Å²) in [6, 6.07) is 8.72. The average molecular weight is 266 g/mol. The van der Waals surface area contributed by atoms with Crippen LogP contribution in [0.4, 0.5) is 0 Å². The third-order valence-corrected chi connectivity index (χ3v) is 3.53. The molecular weight excluding hydrogens is 244 g/mol. The third kappa shape index (κ3) is 3.64. The number of allylic oxidation sites excluding steroid dienone is 3. The molecule has 1 aromatic rings. The van der Waals surface area contributed by atoms with E-state index in [1.807, 2.05) is 19.1 Å². The van der Waals surface area contributed by atoms with Crippen LogP contribution in [-0.4, -0.2) is 0 Å². The lowest BCUT2D eigenvalue weighted by Crippen LogP contribution is -2.03. The molecule has 2 heteroatoms. The Balaban J connectivity index is 2.22. The number of rotatable bonds is 6. The Bertz CT molecular complexity index is 558. The largest absolute Gasteiger partial charge is 0.399 e. The van der Waals surface area contributed by atoms with E-state index in [0.29, 0.717) is 5.70 Å². The summed E-state index contributed by atoms with van der Waals surface area (Å²) in [6.07, 6.45) is 8.30. The van der Waals surface area contributed by atoms with Gasteiger partial charge in [0.15, 0.2) is 0 Å². The van der Waals surface area contributed by atoms with Gasteiger partial charge in [0.1, 0.15) is 0 Å². The summed E-state index contributed by atoms with van der Waals surface area (Å²) < 4.78 is 0. The summed E-state index contributed by atoms with van der Waals surface area (Å²) >= 11 is 0. The zero-order chi connectivity index (χ0) is 14.5. The van der Waals surface area contributed by atoms with E-state index < -0.39 is 0 Å². The van der Waals surface area contributed by atoms with Crippen molar-refractivity contribution < 1.29 is 0 Å². The van der Waals surface area contributed by atoms with Crippen LogP contribution in [0.1, 0.15) is 36.8 Å². The predicted octanol–water partition coefficient (Wildman–Crippen LogP) is 4.06. The maximum Gasteiger partial charge on any atom is 0.0453 e. The minimum atomic E-state index is 0.586. The smallest absolute Gasteiger partial charge is 0.0453 e. The second-order valence-electron chi connectivity index (χ2n) is 5.20. The second-order valence-corrected chi connectivity index (χ2v) is 5.20. The van der Waals surface area contributed by atoms with Gasteiger partial charge < -0.3 is 11.1 Å². The van der Waals surface area contributed by atoms with E-state index >= 15 is 0 Å². The minimum absolute atomic E-state index is 0.586. The van der Waals surface area contributed by atoms with Crippen molar-refractivity contribution in [1.82, 2.24) is 5.32 Å². The highest BCUT2D eigenvalue weighted by molar-refractivity contribution is 5.66. The molecule has 0 spiro atoms. The van der Waals surface area contributed by atoms with Gasteiger partial charge in [0.2, 0.25) is 0 Å². The van der Waals surface area contributed by atoms with Gasteiger partial charge in [0.05, 0.1) is 0 Å². The van der Waals surface area contributed by atoms with Gasteiger partial charge in [-0.2, -0.15) is 0 Å². The first kappa shape index (κ1) is 14.2. The van der Waals surface area contributed by atoms with Crippen LogP contribution < -0.4 is 11.1 Å². The highest BCUT2D eigenvalue weighted by Crippen LogP contribution is 2.40. The predicted molar refractivity (Wildman–Crippen MR) is 86.8 cm³/mol. The summed E-state index contributed by atoms with van der Waals surface area (Å²) in [4.78, 5) is 0. The molecule has 0 saturated heterocycles. The normalized spacial score (nSPS) is 15.8. The molecular formula is C18H22N2. The fourth-order valence-electron chi connectivity index (χ4n) is 2.00. The fourth-order valence-corrected chi connectivity index (χ4v) is 2.00. The SMILES string of the molecule is C=CN/C(=C\C=C(/C)C(=C)N)c1ccc(C2CC2)cc1. The van der Waals surface area contributed by atoms with Crippen molar-refractivity contribution in [3.05, 3.63) is 78.2 Å². The fraction of sp³-hybridized carbons (Fsp3) is 0.222. The molecule has 0 radical (unpaired) electrons. The van der Waals surface area contributed by atoms with E-state index in [2.05, 4.69) is 42.7 Å². The van der Waals surface area contributed by atoms with Crippen LogP contribution in [0.3, 0.4) is 0 Å². The number of nitrogens with two attached hydrogens (primary N) is 1. The molecule has 20 heavy (non-hydrogen) atoms. The van der Waals surface area contributed by atoms with Crippen LogP contribution in [0.15, 0.2) is 67.0 Å². The zero-order valence-corrected chi connectivity index (χ0v) is 12.0. The quantitative estimate of drug-likeness (QED) is 0.762. The molecule has 0 heterocycles. The van der Waals surface area contributed by atoms with Gasteiger partial charge in [-0.05, 0) is 54.7 Å². The summed E-state index contributed by atoms with van der Waals surface area (Å²) in [6.45, 7) is 9.40. The summed E-state index contributed by atoms with van der Waals surface area (Å²) in [5.41, 5.74) is 10.8. The lowest BCUT2D eigenvalue weighted by atomic mass is 10.1. The van der Waals surface area contributed by atoms with Crippen LogP contribution in [0, 0.1) is 0 Å². The molecule has 0 atom stereocenters. The Morgan fingerprint density at radius 3 is 2.40 bits per heavy atom. The highest BCUT2D eigenvalue weighted by Gasteiger charge is 2.22. The molecule has 0 amide bonds. The van der Waals surface area contributed by atoms with Crippen LogP contribution in [0.2, 0.25) is 0 Å². The molecule has 1 fully saturated rings. The van der Waals surface area contributed by atoms with Crippen LogP contribution >= 0.6 is 0 Å². The van der Waals surface area contributed by atoms with Crippen LogP contribution in [0.5, 0.6) is 0 Å². The Morgan fingerprint density at radius 2 is 1.90 bits per heavy atom. The minimum Gasteiger partial charge on any atom is -0.399 e. The van der Waals surface area contributed by atoms with E-state index in [1.165, 1.54) is 18.4 Å². The van der Waals surface area contributed by atoms with E-state index in [1.54, 1.807) is 6.20 Å². The zero-order valence-electron chi connectivity index (χ0n) is 12.0. The molecule has 0 aliphatic heterocycles. The third-order valence-electron chi connectivity index (χ3n) is 3.53. The molecule has 1 aromatic carbocycles. The van der Waals surface area contributed by atoms with Gasteiger partial charge in [0, 0.05) is 11.4 Å². The molecule has 0 aromatic heterocycles. The van der Waals surface area contributed by atoms with E-state index in [-0.39, 0.29) is 0 Å². The monoisotopic (exact) mass is 266 g/mol. The molecule has 1 aliphatic carbocycles. The van der Waals surface area contributed by atoms with Crippen molar-refractivity contribution in [2.24, 2.45) is 5.73 Å². The van der Waals surface area contributed by atoms with Gasteiger partial charge >= 0.3 is 0 Å². The van der Waals surface area contributed by atoms with E-state index in [4.69, 9.17) is 5.73 Å². The van der Waals surface area contributed by atoms with Gasteiger partial charge in [0.25, 0.3) is 0 Å². The standard InChI is InChI=1S/C18H22N2/c1-4-20-18(12-5-13(2)14(3)19)17-10-8-16(9-11-17)15-6-7-15/h4-5,8-12,15,20H,1,3,6-7,19H2,2H3/b13-5+,18-12-. The molecule has 1 aliphatic rings. The topological polar surface area (TPSA) is 38.0 Å². The first-order valence-electron chi connectivity index (χ1n) is 6.93. The number of hydrogen-bond donors (Lipinski definition) is 2. The molecule has 2 nitrogen and oxygen atoms in total. The number of hydrogen-bond acceptors (Lipinski definition) is 2. The maximum absolute atomic E-state index is 5.66. The molecule has 3 N–H and O–H groups in total. The number of nitrogens with one attached hydrogen (secondary N) is 1. The van der Waals surface area contributed by atoms with E-state index in [9.17, 15) is 0 Å². The summed E-state index contributed by atoms with van der Waals surface area (Å²) in [5.74, 6) is 0.784. The number of benzene rings is 1. The van der Waals surface area contributed by atoms with Crippen molar-refractivity contribution in [3.63, 3.8) is 0 Å². The Hall–Kier alpha value is -2.22. The first-order chi connectivity index (χ1) is 9.61. The Kier molecular flexibility index (Phi) is 4.46. The summed E-state index contributed by atoms with van der Waals surface area (Å²) in [5, 5.41) is 3.17. The van der Waals surface area contributed by atoms with Gasteiger partial charge in [-0.1, -0.05) is 43.5 Å². The molecule has 1 saturated carbocycles. The van der Waals surface area contributed by atoms with Crippen LogP contribution in [0.25, 0.3) is 5.70 Å². The molecule has 2 rings (SSSR count). The second kappa shape index (κ2) is 6.29. The van der Waals surface area contributed by atoms with Crippen molar-refractivity contribution in [1.29, 1.82) is 0 Å². The van der Waals surface area contributed by atoms with Crippen molar-refractivity contribution >= 4 is 5.70 Å². The maximum atomic E-state index is 5.66. The van der Waals surface area contributed by atoms with Crippen molar-refractivity contribution in [2.45, 2.75) is 25.7 Å². The van der Waals surface area contributed by atoms with Crippen LogP contribution in [-0.2, 0) is 0 Å². The van der Waals surface area contributed by atoms with Gasteiger partial charge in [-0.25, -0.2) is 0 Å². The van der Waals surface area contributed by atoms with Gasteiger partial charge in [-0.15, -0.1) is 0 Å². The highest BCUT2D eigenvalue weighted by atomic mass is 14.8. The lowest BCUT2D eigenvalue weighted by molar-refractivity contribution is 1.12. The Morgan fingerprint density at radius 1 is 1.25 bits per heavy atom. The lowest BCUT2D eigenvalue weighted by Gasteiger charge is -2.08. The molecule has 0 unspecified atom stereocenters. The first-order valence-corrected chi connectivity index (χ1v) is 6.93. The summed E-state index contributed by atoms with van der Waals surface area (Å²) in [7, 11) is 0. The molecule has 104 valence electrons. The van der Waals surface area contributed by atoms with Gasteiger partial charge in [-0.3, -0.25) is 0 Å².